The van der Waals surface area contributed by atoms with E-state index in [0.29, 0.717) is 31.3 Å². The molecule has 3 heterocycles. The van der Waals surface area contributed by atoms with Gasteiger partial charge < -0.3 is 18.6 Å². The molecule has 1 fully saturated rings. The maximum Gasteiger partial charge on any atom is 0.242 e. The van der Waals surface area contributed by atoms with Crippen LogP contribution in [0.2, 0.25) is 0 Å². The standard InChI is InChI=1S/C16H22N4O4/c1-9(16-10(2)19-24-11(16)3)5-15(21)20-6-13(7-20)22-8-14-18-17-12(4)23-14/h9,13H,5-8H2,1-4H3. The maximum absolute atomic E-state index is 12.4. The van der Waals surface area contributed by atoms with Crippen LogP contribution in [0.3, 0.4) is 0 Å². The third-order valence-electron chi connectivity index (χ3n) is 4.27. The van der Waals surface area contributed by atoms with Crippen LogP contribution in [-0.4, -0.2) is 45.4 Å². The van der Waals surface area contributed by atoms with Crippen LogP contribution in [0.4, 0.5) is 0 Å². The molecule has 24 heavy (non-hydrogen) atoms. The minimum atomic E-state index is 0.0236. The van der Waals surface area contributed by atoms with Gasteiger partial charge in [-0.25, -0.2) is 0 Å². The SMILES string of the molecule is Cc1nnc(COC2CN(C(=O)CC(C)c3c(C)noc3C)C2)o1. The molecular formula is C16H22N4O4. The molecule has 8 heteroatoms. The number of carbonyl (C=O) groups is 1. The van der Waals surface area contributed by atoms with Crippen LogP contribution >= 0.6 is 0 Å². The predicted molar refractivity (Wildman–Crippen MR) is 83.2 cm³/mol. The molecule has 130 valence electrons. The molecular weight excluding hydrogens is 312 g/mol. The van der Waals surface area contributed by atoms with E-state index in [9.17, 15) is 4.79 Å². The lowest BCUT2D eigenvalue weighted by atomic mass is 9.95. The number of aryl methyl sites for hydroxylation is 3. The van der Waals surface area contributed by atoms with Gasteiger partial charge in [0.1, 0.15) is 12.4 Å². The van der Waals surface area contributed by atoms with Gasteiger partial charge in [0.2, 0.25) is 17.7 Å². The number of carbonyl (C=O) groups excluding carboxylic acids is 1. The first-order valence-corrected chi connectivity index (χ1v) is 8.05. The van der Waals surface area contributed by atoms with Gasteiger partial charge in [-0.15, -0.1) is 10.2 Å². The van der Waals surface area contributed by atoms with Crippen molar-refractivity contribution in [1.82, 2.24) is 20.3 Å². The van der Waals surface area contributed by atoms with Gasteiger partial charge in [-0.05, 0) is 19.8 Å². The molecule has 2 aromatic heterocycles. The van der Waals surface area contributed by atoms with E-state index < -0.39 is 0 Å². The lowest BCUT2D eigenvalue weighted by molar-refractivity contribution is -0.146. The van der Waals surface area contributed by atoms with Crippen molar-refractivity contribution in [2.75, 3.05) is 13.1 Å². The molecule has 1 unspecified atom stereocenters. The molecule has 1 saturated heterocycles. The highest BCUT2D eigenvalue weighted by Crippen LogP contribution is 2.27. The molecule has 0 radical (unpaired) electrons. The Morgan fingerprint density at radius 1 is 1.33 bits per heavy atom. The molecule has 3 rings (SSSR count). The largest absolute Gasteiger partial charge is 0.423 e. The first-order chi connectivity index (χ1) is 11.4. The van der Waals surface area contributed by atoms with Crippen molar-refractivity contribution in [3.8, 4) is 0 Å². The fourth-order valence-corrected chi connectivity index (χ4v) is 3.02. The van der Waals surface area contributed by atoms with Gasteiger partial charge in [0.15, 0.2) is 0 Å². The number of nitrogens with zero attached hydrogens (tertiary/aromatic N) is 4. The van der Waals surface area contributed by atoms with Gasteiger partial charge >= 0.3 is 0 Å². The summed E-state index contributed by atoms with van der Waals surface area (Å²) in [4.78, 5) is 14.2. The number of amides is 1. The predicted octanol–water partition coefficient (Wildman–Crippen LogP) is 1.90. The van der Waals surface area contributed by atoms with Crippen LogP contribution in [0.1, 0.15) is 48.1 Å². The zero-order valence-electron chi connectivity index (χ0n) is 14.4. The van der Waals surface area contributed by atoms with E-state index in [4.69, 9.17) is 13.7 Å². The average molecular weight is 334 g/mol. The highest BCUT2D eigenvalue weighted by atomic mass is 16.5. The zero-order chi connectivity index (χ0) is 17.3. The van der Waals surface area contributed by atoms with Crippen molar-refractivity contribution >= 4 is 5.91 Å². The normalized spacial score (nSPS) is 16.2. The minimum Gasteiger partial charge on any atom is -0.423 e. The van der Waals surface area contributed by atoms with Crippen LogP contribution < -0.4 is 0 Å². The summed E-state index contributed by atoms with van der Waals surface area (Å²) >= 11 is 0. The Morgan fingerprint density at radius 2 is 2.08 bits per heavy atom. The number of aromatic nitrogens is 3. The summed E-state index contributed by atoms with van der Waals surface area (Å²) in [6, 6.07) is 0. The fraction of sp³-hybridized carbons (Fsp3) is 0.625. The van der Waals surface area contributed by atoms with E-state index in [2.05, 4.69) is 15.4 Å². The third-order valence-corrected chi connectivity index (χ3v) is 4.27. The van der Waals surface area contributed by atoms with E-state index in [0.717, 1.165) is 17.0 Å². The Labute approximate surface area is 140 Å². The Morgan fingerprint density at radius 3 is 2.67 bits per heavy atom. The molecule has 0 aromatic carbocycles. The Balaban J connectivity index is 1.43. The summed E-state index contributed by atoms with van der Waals surface area (Å²) in [5, 5.41) is 11.6. The second-order valence-corrected chi connectivity index (χ2v) is 6.29. The van der Waals surface area contributed by atoms with E-state index >= 15 is 0 Å². The number of hydrogen-bond donors (Lipinski definition) is 0. The monoisotopic (exact) mass is 334 g/mol. The smallest absolute Gasteiger partial charge is 0.242 e. The second kappa shape index (κ2) is 6.72. The molecule has 1 atom stereocenters. The van der Waals surface area contributed by atoms with Crippen LogP contribution in [0.25, 0.3) is 0 Å². The first-order valence-electron chi connectivity index (χ1n) is 8.05. The van der Waals surface area contributed by atoms with Gasteiger partial charge in [-0.2, -0.15) is 0 Å². The number of likely N-dealkylation sites (tertiary alicyclic amines) is 1. The molecule has 0 spiro atoms. The molecule has 1 aliphatic rings. The number of rotatable bonds is 6. The molecule has 0 bridgehead atoms. The summed E-state index contributed by atoms with van der Waals surface area (Å²) in [6.07, 6.45) is 0.467. The average Bonchev–Trinajstić information content (AvgIpc) is 3.03. The summed E-state index contributed by atoms with van der Waals surface area (Å²) < 4.78 is 16.1. The molecule has 8 nitrogen and oxygen atoms in total. The van der Waals surface area contributed by atoms with Crippen molar-refractivity contribution in [1.29, 1.82) is 0 Å². The lowest BCUT2D eigenvalue weighted by Crippen LogP contribution is -2.54. The zero-order valence-corrected chi connectivity index (χ0v) is 14.4. The molecule has 1 aliphatic heterocycles. The third kappa shape index (κ3) is 3.48. The molecule has 0 N–H and O–H groups in total. The van der Waals surface area contributed by atoms with Crippen LogP contribution in [0.15, 0.2) is 8.94 Å². The summed E-state index contributed by atoms with van der Waals surface area (Å²) in [6.45, 7) is 9.02. The number of ether oxygens (including phenoxy) is 1. The lowest BCUT2D eigenvalue weighted by Gasteiger charge is -2.39. The molecule has 1 amide bonds. The van der Waals surface area contributed by atoms with Gasteiger partial charge in [0, 0.05) is 32.0 Å². The van der Waals surface area contributed by atoms with E-state index in [1.807, 2.05) is 20.8 Å². The van der Waals surface area contributed by atoms with Crippen LogP contribution in [-0.2, 0) is 16.1 Å². The number of hydrogen-bond acceptors (Lipinski definition) is 7. The van der Waals surface area contributed by atoms with E-state index in [1.165, 1.54) is 0 Å². The van der Waals surface area contributed by atoms with Gasteiger partial charge in [0.25, 0.3) is 0 Å². The highest BCUT2D eigenvalue weighted by molar-refractivity contribution is 5.78. The summed E-state index contributed by atoms with van der Waals surface area (Å²) in [7, 11) is 0. The molecule has 0 saturated carbocycles. The maximum atomic E-state index is 12.4. The van der Waals surface area contributed by atoms with Crippen LogP contribution in [0.5, 0.6) is 0 Å². The Hall–Kier alpha value is -2.22. The van der Waals surface area contributed by atoms with E-state index in [1.54, 1.807) is 11.8 Å². The minimum absolute atomic E-state index is 0.0236. The first kappa shape index (κ1) is 16.6. The molecule has 0 aliphatic carbocycles. The van der Waals surface area contributed by atoms with Crippen molar-refractivity contribution in [3.63, 3.8) is 0 Å². The highest BCUT2D eigenvalue weighted by Gasteiger charge is 2.33. The van der Waals surface area contributed by atoms with Crippen molar-refractivity contribution in [3.05, 3.63) is 28.8 Å². The Kier molecular flexibility index (Phi) is 4.66. The van der Waals surface area contributed by atoms with Gasteiger partial charge in [-0.1, -0.05) is 12.1 Å². The van der Waals surface area contributed by atoms with Crippen molar-refractivity contribution in [2.24, 2.45) is 0 Å². The van der Waals surface area contributed by atoms with Crippen molar-refractivity contribution < 1.29 is 18.5 Å². The quantitative estimate of drug-likeness (QED) is 0.796. The topological polar surface area (TPSA) is 94.5 Å². The van der Waals surface area contributed by atoms with Crippen LogP contribution in [0, 0.1) is 20.8 Å². The van der Waals surface area contributed by atoms with Gasteiger partial charge in [0.05, 0.1) is 11.8 Å². The molecule has 2 aromatic rings. The summed E-state index contributed by atoms with van der Waals surface area (Å²) in [5.41, 5.74) is 1.89. The summed E-state index contributed by atoms with van der Waals surface area (Å²) in [5.74, 6) is 1.98. The fourth-order valence-electron chi connectivity index (χ4n) is 3.02. The van der Waals surface area contributed by atoms with E-state index in [-0.39, 0.29) is 24.5 Å². The Bertz CT molecular complexity index is 698. The van der Waals surface area contributed by atoms with Gasteiger partial charge in [-0.3, -0.25) is 4.79 Å². The second-order valence-electron chi connectivity index (χ2n) is 6.29. The van der Waals surface area contributed by atoms with Crippen molar-refractivity contribution in [2.45, 2.75) is 52.7 Å².